The van der Waals surface area contributed by atoms with E-state index in [1.807, 2.05) is 78.9 Å². The summed E-state index contributed by atoms with van der Waals surface area (Å²) in [5.41, 5.74) is 11.0. The van der Waals surface area contributed by atoms with Crippen LogP contribution in [0.2, 0.25) is 0 Å². The molecule has 6 aromatic rings. The number of hydrogen-bond donors (Lipinski definition) is 3. The first-order valence-corrected chi connectivity index (χ1v) is 37.8. The largest absolute Gasteiger partial charge is 0.497 e. The average molecular weight is 1390 g/mol. The molecule has 1 fully saturated rings. The van der Waals surface area contributed by atoms with Crippen molar-refractivity contribution < 1.29 is 46.9 Å². The molecule has 2 amide bonds. The number of hydrogen-bond acceptors (Lipinski definition) is 14. The minimum absolute atomic E-state index is 0.00656. The maximum absolute atomic E-state index is 13.9. The fraction of sp³-hybridized carbons (Fsp3) is 0.481. The predicted molar refractivity (Wildman–Crippen MR) is 395 cm³/mol. The van der Waals surface area contributed by atoms with Gasteiger partial charge in [-0.1, -0.05) is 105 Å². The van der Waals surface area contributed by atoms with Crippen LogP contribution < -0.4 is 41.0 Å². The highest BCUT2D eigenvalue weighted by molar-refractivity contribution is 7.44. The van der Waals surface area contributed by atoms with Crippen LogP contribution in [0.15, 0.2) is 137 Å². The van der Waals surface area contributed by atoms with E-state index >= 15 is 0 Å². The van der Waals surface area contributed by atoms with Crippen molar-refractivity contribution in [3.8, 4) is 23.3 Å². The number of ether oxygens (including phenoxy) is 5. The zero-order valence-corrected chi connectivity index (χ0v) is 60.7. The molecule has 5 aromatic carbocycles. The summed E-state index contributed by atoms with van der Waals surface area (Å²) in [7, 11) is 1.45. The van der Waals surface area contributed by atoms with Gasteiger partial charge in [-0.15, -0.1) is 0 Å². The van der Waals surface area contributed by atoms with E-state index in [-0.39, 0.29) is 67.0 Å². The Bertz CT molecular complexity index is 4090. The van der Waals surface area contributed by atoms with Gasteiger partial charge in [-0.2, -0.15) is 9.84 Å². The van der Waals surface area contributed by atoms with Crippen molar-refractivity contribution in [2.45, 2.75) is 191 Å². The lowest BCUT2D eigenvalue weighted by molar-refractivity contribution is -0.444. The van der Waals surface area contributed by atoms with Crippen LogP contribution in [0.4, 0.5) is 11.4 Å². The molecule has 0 radical (unpaired) electrons. The average Bonchev–Trinajstić information content (AvgIpc) is 1.59. The van der Waals surface area contributed by atoms with Crippen LogP contribution in [-0.2, 0) is 52.0 Å². The van der Waals surface area contributed by atoms with Gasteiger partial charge in [0, 0.05) is 98.2 Å². The Kier molecular flexibility index (Phi) is 23.9. The number of nitriles is 1. The summed E-state index contributed by atoms with van der Waals surface area (Å²) in [6, 6.07) is 39.0. The molecule has 3 N–H and O–H groups in total. The number of H-pyrrole nitrogens is 1. The summed E-state index contributed by atoms with van der Waals surface area (Å²) < 4.78 is 52.1. The van der Waals surface area contributed by atoms with Gasteiger partial charge in [0.25, 0.3) is 14.1 Å². The van der Waals surface area contributed by atoms with Gasteiger partial charge in [0.15, 0.2) is 12.3 Å². The smallest absolute Gasteiger partial charge is 0.330 e. The van der Waals surface area contributed by atoms with E-state index in [2.05, 4.69) is 107 Å². The number of fused-ring (bicyclic) bond motifs is 6. The maximum Gasteiger partial charge on any atom is 0.330 e. The molecule has 20 heteroatoms. The lowest BCUT2D eigenvalue weighted by Crippen LogP contribution is -2.45. The molecular formula is C81H100N8O11P+. The number of aromatic amines is 1. The van der Waals surface area contributed by atoms with Gasteiger partial charge in [-0.3, -0.25) is 23.9 Å². The van der Waals surface area contributed by atoms with Gasteiger partial charge in [0.1, 0.15) is 41.3 Å². The van der Waals surface area contributed by atoms with Crippen molar-refractivity contribution >= 4 is 49.6 Å². The monoisotopic (exact) mass is 1390 g/mol. The van der Waals surface area contributed by atoms with Gasteiger partial charge >= 0.3 is 5.69 Å². The summed E-state index contributed by atoms with van der Waals surface area (Å²) in [5.74, 6) is 2.17. The molecule has 534 valence electrons. The molecule has 1 saturated heterocycles. The Morgan fingerprint density at radius 2 is 1.52 bits per heavy atom. The molecule has 1 aromatic heterocycles. The first kappa shape index (κ1) is 72.6. The van der Waals surface area contributed by atoms with Crippen molar-refractivity contribution in [1.29, 1.82) is 5.26 Å². The van der Waals surface area contributed by atoms with Crippen LogP contribution in [0.5, 0.6) is 17.2 Å². The number of carbonyl (C=O) groups is 2. The Morgan fingerprint density at radius 3 is 2.22 bits per heavy atom. The third-order valence-electron chi connectivity index (χ3n) is 21.0. The Hall–Kier alpha value is -8.21. The molecule has 6 aliphatic heterocycles. The van der Waals surface area contributed by atoms with Crippen LogP contribution in [0.1, 0.15) is 182 Å². The van der Waals surface area contributed by atoms with Crippen molar-refractivity contribution in [3.63, 3.8) is 0 Å². The standard InChI is InChI=1S/C81H99N8O11P/c1-8-80(67-28-16-17-29-68(67)87-48-41-69-66(77(80)87)51-59-50-57-24-21-46-86-47-22-27-65(75(57)86)76(59)99-69)42-18-12-15-30-72(90)83-44-19-9-10-20-45-84-73(91)40-31-58-53-88(79(93)85-78(58)92)74-52-70(100-101(97-49-23-43-82)89(55(2)3)56(4)5)71(98-74)54-96-81(60-25-13-11-14-26-60,61-32-36-63(94-6)37-33-61)62-34-38-64(95-7)39-35-62/h11,13-14,16-17,25-26,28-29,31-40,50-51,53,55-56,69-71,74H,8-10,12,15,18-24,27,30,41-42,44-49,52,54H2,1-7H3,(H2-,83,84,85,90,91,92,93)/p+1/b40-31+/t69?,70?,71?,74-,80?,101?/m1/s1. The molecular weight excluding hydrogens is 1290 g/mol. The summed E-state index contributed by atoms with van der Waals surface area (Å²) >= 11 is 0. The number of benzene rings is 5. The van der Waals surface area contributed by atoms with Crippen LogP contribution in [-0.4, -0.2) is 127 Å². The number of unbranched alkanes of at least 4 members (excludes halogenated alkanes) is 5. The van der Waals surface area contributed by atoms with Gasteiger partial charge in [0.05, 0.1) is 62.6 Å². The van der Waals surface area contributed by atoms with Gasteiger partial charge < -0.3 is 48.3 Å². The van der Waals surface area contributed by atoms with E-state index < -0.39 is 43.8 Å². The summed E-state index contributed by atoms with van der Waals surface area (Å²) in [5, 5.41) is 15.6. The first-order chi connectivity index (χ1) is 49.2. The number of carbonyl (C=O) groups excluding carboxylic acids is 2. The highest BCUT2D eigenvalue weighted by Crippen LogP contribution is 2.54. The van der Waals surface area contributed by atoms with Gasteiger partial charge in [-0.25, -0.2) is 9.46 Å². The number of aryl methyl sites for hydroxylation is 1. The van der Waals surface area contributed by atoms with E-state index in [1.165, 1.54) is 80.7 Å². The van der Waals surface area contributed by atoms with Crippen LogP contribution in [0.25, 0.3) is 12.2 Å². The second-order valence-electron chi connectivity index (χ2n) is 28.0. The zero-order chi connectivity index (χ0) is 70.6. The second kappa shape index (κ2) is 33.3. The predicted octanol–water partition coefficient (Wildman–Crippen LogP) is 13.7. The van der Waals surface area contributed by atoms with Crippen molar-refractivity contribution in [2.75, 3.05) is 65.1 Å². The highest BCUT2D eigenvalue weighted by atomic mass is 31.2. The van der Waals surface area contributed by atoms with Crippen LogP contribution in [0.3, 0.4) is 0 Å². The molecule has 0 spiro atoms. The number of amides is 2. The third-order valence-corrected chi connectivity index (χ3v) is 23.2. The summed E-state index contributed by atoms with van der Waals surface area (Å²) in [6.07, 6.45) is 18.7. The van der Waals surface area contributed by atoms with Crippen molar-refractivity contribution in [1.82, 2.24) is 24.9 Å². The van der Waals surface area contributed by atoms with E-state index in [9.17, 15) is 24.4 Å². The first-order valence-electron chi connectivity index (χ1n) is 36.7. The van der Waals surface area contributed by atoms with E-state index in [0.29, 0.717) is 31.0 Å². The number of para-hydroxylation sites is 1. The molecule has 101 heavy (non-hydrogen) atoms. The van der Waals surface area contributed by atoms with Crippen molar-refractivity contribution in [2.24, 2.45) is 0 Å². The maximum atomic E-state index is 13.9. The molecule has 0 aliphatic carbocycles. The second-order valence-corrected chi connectivity index (χ2v) is 29.4. The lowest BCUT2D eigenvalue weighted by atomic mass is 9.68. The molecule has 7 heterocycles. The fourth-order valence-corrected chi connectivity index (χ4v) is 18.0. The number of nitrogens with one attached hydrogen (secondary N) is 3. The summed E-state index contributed by atoms with van der Waals surface area (Å²) in [4.78, 5) is 58.8. The SMILES string of the molecule is CCC1(CCCCCC(=O)NCCCCCCNC(=O)/C=C/c2cn([C@H]3CC(OP(OCCC#N)N(C(C)C)C(C)C)C(COC(c4ccccc4)(c4ccc(OC)cc4)c4ccc(OC)cc4)O3)c(=O)[nH]c2=O)C2=[N+](CCC3Oc4c(cc5c6c4CCCN6CCC5)C=C23)c2ccccc21. The van der Waals surface area contributed by atoms with Gasteiger partial charge in [0.2, 0.25) is 17.5 Å². The van der Waals surface area contributed by atoms with E-state index in [1.54, 1.807) is 14.2 Å². The zero-order valence-electron chi connectivity index (χ0n) is 59.8. The minimum Gasteiger partial charge on any atom is -0.497 e. The molecule has 6 atom stereocenters. The molecule has 0 bridgehead atoms. The Morgan fingerprint density at radius 1 is 0.851 bits per heavy atom. The van der Waals surface area contributed by atoms with Gasteiger partial charge in [-0.05, 0) is 150 Å². The van der Waals surface area contributed by atoms with E-state index in [4.69, 9.17) is 32.7 Å². The molecule has 12 rings (SSSR count). The molecule has 0 saturated carbocycles. The number of methoxy groups -OCH3 is 2. The minimum atomic E-state index is -1.79. The van der Waals surface area contributed by atoms with Crippen LogP contribution >= 0.6 is 8.53 Å². The van der Waals surface area contributed by atoms with E-state index in [0.717, 1.165) is 119 Å². The highest BCUT2D eigenvalue weighted by Gasteiger charge is 2.56. The molecule has 5 unspecified atom stereocenters. The fourth-order valence-electron chi connectivity index (χ4n) is 16.2. The Labute approximate surface area is 595 Å². The Balaban J connectivity index is 0.634. The van der Waals surface area contributed by atoms with Crippen molar-refractivity contribution in [3.05, 3.63) is 192 Å². The topological polar surface area (TPSA) is 211 Å². The molecule has 19 nitrogen and oxygen atoms in total. The number of anilines is 1. The number of nitrogens with zero attached hydrogens (tertiary/aromatic N) is 5. The quantitative estimate of drug-likeness (QED) is 0.0115. The molecule has 6 aliphatic rings. The lowest BCUT2D eigenvalue weighted by Gasteiger charge is -2.40. The third kappa shape index (κ3) is 15.7. The normalized spacial score (nSPS) is 20.0. The van der Waals surface area contributed by atoms with Crippen LogP contribution in [0, 0.1) is 11.3 Å². The summed E-state index contributed by atoms with van der Waals surface area (Å²) in [6.45, 7) is 14.9. The number of rotatable bonds is 33. The number of aromatic nitrogens is 2.